The minimum Gasteiger partial charge on any atom is -0.502 e. The van der Waals surface area contributed by atoms with Gasteiger partial charge in [0.05, 0.1) is 17.0 Å². The minimum absolute atomic E-state index is 0.117. The first-order valence-corrected chi connectivity index (χ1v) is 5.70. The van der Waals surface area contributed by atoms with Gasteiger partial charge >= 0.3 is 5.69 Å². The Hall–Kier alpha value is -2.90. The summed E-state index contributed by atoms with van der Waals surface area (Å²) < 4.78 is 0. The van der Waals surface area contributed by atoms with Crippen LogP contribution >= 0.6 is 0 Å². The smallest absolute Gasteiger partial charge is 0.311 e. The fourth-order valence-electron chi connectivity index (χ4n) is 1.74. The van der Waals surface area contributed by atoms with Crippen molar-refractivity contribution in [3.05, 3.63) is 52.1 Å². The number of phenols is 1. The molecule has 104 valence electrons. The van der Waals surface area contributed by atoms with E-state index in [2.05, 4.69) is 9.97 Å². The summed E-state index contributed by atoms with van der Waals surface area (Å²) in [6.07, 6.45) is 3.18. The van der Waals surface area contributed by atoms with E-state index < -0.39 is 22.3 Å². The highest BCUT2D eigenvalue weighted by Gasteiger charge is 2.23. The number of aromatic amines is 1. The third-order valence-corrected chi connectivity index (χ3v) is 2.73. The summed E-state index contributed by atoms with van der Waals surface area (Å²) in [6.45, 7) is 0.202. The summed E-state index contributed by atoms with van der Waals surface area (Å²) in [4.78, 5) is 30.3. The van der Waals surface area contributed by atoms with Crippen molar-refractivity contribution in [3.63, 3.8) is 0 Å². The number of rotatable bonds is 4. The molecule has 0 atom stereocenters. The van der Waals surface area contributed by atoms with Crippen LogP contribution in [0, 0.1) is 10.1 Å². The first-order valence-electron chi connectivity index (χ1n) is 5.70. The number of hydrogen-bond acceptors (Lipinski definition) is 5. The molecule has 8 heteroatoms. The predicted octanol–water partition coefficient (Wildman–Crippen LogP) is 1.30. The largest absolute Gasteiger partial charge is 0.502 e. The number of aromatic nitrogens is 2. The Morgan fingerprint density at radius 2 is 2.30 bits per heavy atom. The van der Waals surface area contributed by atoms with E-state index in [0.29, 0.717) is 5.82 Å². The quantitative estimate of drug-likeness (QED) is 0.645. The molecule has 20 heavy (non-hydrogen) atoms. The topological polar surface area (TPSA) is 112 Å². The van der Waals surface area contributed by atoms with Crippen molar-refractivity contribution in [2.75, 3.05) is 7.05 Å². The van der Waals surface area contributed by atoms with Crippen LogP contribution in [0.4, 0.5) is 5.69 Å². The lowest BCUT2D eigenvalue weighted by Gasteiger charge is -2.16. The standard InChI is InChI=1S/C12H12N4O4/c1-15(7-10-13-5-6-14-10)12(18)8-3-2-4-9(11(8)17)16(19)20/h2-6,17H,7H2,1H3,(H,13,14). The van der Waals surface area contributed by atoms with E-state index in [1.165, 1.54) is 24.1 Å². The van der Waals surface area contributed by atoms with Crippen molar-refractivity contribution in [3.8, 4) is 5.75 Å². The van der Waals surface area contributed by atoms with E-state index in [-0.39, 0.29) is 12.1 Å². The minimum atomic E-state index is -0.737. The van der Waals surface area contributed by atoms with Crippen LogP contribution in [0.3, 0.4) is 0 Å². The number of nitrogens with one attached hydrogen (secondary N) is 1. The molecule has 1 aromatic carbocycles. The molecule has 0 aliphatic carbocycles. The normalized spacial score (nSPS) is 10.2. The molecule has 1 aromatic heterocycles. The van der Waals surface area contributed by atoms with E-state index in [0.717, 1.165) is 6.07 Å². The number of carbonyl (C=O) groups excluding carboxylic acids is 1. The number of para-hydroxylation sites is 1. The molecule has 0 radical (unpaired) electrons. The second-order valence-corrected chi connectivity index (χ2v) is 4.13. The maximum atomic E-state index is 12.2. The molecule has 0 unspecified atom stereocenters. The van der Waals surface area contributed by atoms with Gasteiger partial charge in [-0.2, -0.15) is 0 Å². The fraction of sp³-hybridized carbons (Fsp3) is 0.167. The predicted molar refractivity (Wildman–Crippen MR) is 69.1 cm³/mol. The zero-order valence-electron chi connectivity index (χ0n) is 10.6. The Morgan fingerprint density at radius 1 is 1.55 bits per heavy atom. The highest BCUT2D eigenvalue weighted by atomic mass is 16.6. The monoisotopic (exact) mass is 276 g/mol. The van der Waals surface area contributed by atoms with Crippen LogP contribution in [0.5, 0.6) is 5.75 Å². The zero-order valence-corrected chi connectivity index (χ0v) is 10.6. The Morgan fingerprint density at radius 3 is 2.90 bits per heavy atom. The number of hydrogen-bond donors (Lipinski definition) is 2. The first kappa shape index (κ1) is 13.5. The highest BCUT2D eigenvalue weighted by Crippen LogP contribution is 2.30. The second-order valence-electron chi connectivity index (χ2n) is 4.13. The summed E-state index contributed by atoms with van der Waals surface area (Å²) >= 11 is 0. The lowest BCUT2D eigenvalue weighted by atomic mass is 10.1. The molecular formula is C12H12N4O4. The maximum Gasteiger partial charge on any atom is 0.311 e. The average molecular weight is 276 g/mol. The lowest BCUT2D eigenvalue weighted by Crippen LogP contribution is -2.26. The molecule has 0 saturated carbocycles. The molecule has 2 N–H and O–H groups in total. The van der Waals surface area contributed by atoms with Crippen LogP contribution < -0.4 is 0 Å². The molecule has 0 bridgehead atoms. The van der Waals surface area contributed by atoms with E-state index in [1.807, 2.05) is 0 Å². The van der Waals surface area contributed by atoms with Crippen LogP contribution in [0.15, 0.2) is 30.6 Å². The number of nitro benzene ring substituents is 1. The highest BCUT2D eigenvalue weighted by molar-refractivity contribution is 5.97. The van der Waals surface area contributed by atoms with Gasteiger partial charge in [0, 0.05) is 25.5 Å². The number of aromatic hydroxyl groups is 1. The third-order valence-electron chi connectivity index (χ3n) is 2.73. The zero-order chi connectivity index (χ0) is 14.7. The maximum absolute atomic E-state index is 12.2. The van der Waals surface area contributed by atoms with E-state index in [4.69, 9.17) is 0 Å². The lowest BCUT2D eigenvalue weighted by molar-refractivity contribution is -0.385. The van der Waals surface area contributed by atoms with Gasteiger partial charge in [0.15, 0.2) is 0 Å². The van der Waals surface area contributed by atoms with Gasteiger partial charge in [0.1, 0.15) is 5.82 Å². The van der Waals surface area contributed by atoms with Crippen molar-refractivity contribution in [1.82, 2.24) is 14.9 Å². The van der Waals surface area contributed by atoms with Crippen LogP contribution in [0.1, 0.15) is 16.2 Å². The molecule has 8 nitrogen and oxygen atoms in total. The van der Waals surface area contributed by atoms with Gasteiger partial charge in [-0.05, 0) is 6.07 Å². The average Bonchev–Trinajstić information content (AvgIpc) is 2.90. The van der Waals surface area contributed by atoms with Crippen LogP contribution in [-0.2, 0) is 6.54 Å². The van der Waals surface area contributed by atoms with Gasteiger partial charge in [0.25, 0.3) is 5.91 Å². The first-order chi connectivity index (χ1) is 9.50. The van der Waals surface area contributed by atoms with Crippen LogP contribution in [-0.4, -0.2) is 37.9 Å². The van der Waals surface area contributed by atoms with Gasteiger partial charge < -0.3 is 15.0 Å². The van der Waals surface area contributed by atoms with Crippen molar-refractivity contribution in [2.45, 2.75) is 6.54 Å². The Kier molecular flexibility index (Phi) is 3.65. The summed E-state index contributed by atoms with van der Waals surface area (Å²) in [5.41, 5.74) is -0.615. The summed E-state index contributed by atoms with van der Waals surface area (Å²) in [7, 11) is 1.52. The SMILES string of the molecule is CN(Cc1ncc[nH]1)C(=O)c1cccc([N+](=O)[O-])c1O. The van der Waals surface area contributed by atoms with Gasteiger partial charge in [-0.1, -0.05) is 6.07 Å². The van der Waals surface area contributed by atoms with Crippen molar-refractivity contribution >= 4 is 11.6 Å². The van der Waals surface area contributed by atoms with E-state index >= 15 is 0 Å². The summed E-state index contributed by atoms with van der Waals surface area (Å²) in [5.74, 6) is -0.581. The second kappa shape index (κ2) is 5.39. The van der Waals surface area contributed by atoms with Gasteiger partial charge in [0.2, 0.25) is 5.75 Å². The molecule has 0 fully saturated rings. The van der Waals surface area contributed by atoms with Crippen molar-refractivity contribution < 1.29 is 14.8 Å². The Labute approximate surface area is 113 Å². The van der Waals surface area contributed by atoms with Crippen LogP contribution in [0.2, 0.25) is 0 Å². The van der Waals surface area contributed by atoms with Crippen LogP contribution in [0.25, 0.3) is 0 Å². The summed E-state index contributed by atoms with van der Waals surface area (Å²) in [5, 5.41) is 20.5. The number of phenolic OH excluding ortho intramolecular Hbond substituents is 1. The summed E-state index contributed by atoms with van der Waals surface area (Å²) in [6, 6.07) is 3.83. The molecule has 1 amide bonds. The number of carbonyl (C=O) groups is 1. The van der Waals surface area contributed by atoms with Crippen molar-refractivity contribution in [1.29, 1.82) is 0 Å². The molecule has 0 spiro atoms. The molecular weight excluding hydrogens is 264 g/mol. The van der Waals surface area contributed by atoms with E-state index in [1.54, 1.807) is 12.4 Å². The third kappa shape index (κ3) is 2.58. The molecule has 1 heterocycles. The number of nitro groups is 1. The van der Waals surface area contributed by atoms with Gasteiger partial charge in [-0.3, -0.25) is 14.9 Å². The molecule has 2 rings (SSSR count). The molecule has 0 aliphatic heterocycles. The molecule has 0 saturated heterocycles. The van der Waals surface area contributed by atoms with E-state index in [9.17, 15) is 20.0 Å². The van der Waals surface area contributed by atoms with Crippen molar-refractivity contribution in [2.24, 2.45) is 0 Å². The number of H-pyrrole nitrogens is 1. The Balaban J connectivity index is 2.25. The number of amides is 1. The molecule has 2 aromatic rings. The molecule has 0 aliphatic rings. The van der Waals surface area contributed by atoms with Gasteiger partial charge in [-0.15, -0.1) is 0 Å². The Bertz CT molecular complexity index is 639. The number of nitrogens with zero attached hydrogens (tertiary/aromatic N) is 3. The fourth-order valence-corrected chi connectivity index (χ4v) is 1.74. The number of imidazole rings is 1. The number of benzene rings is 1. The van der Waals surface area contributed by atoms with Gasteiger partial charge in [-0.25, -0.2) is 4.98 Å².